The fourth-order valence-electron chi connectivity index (χ4n) is 4.12. The number of methoxy groups -OCH3 is 2. The quantitative estimate of drug-likeness (QED) is 0.267. The lowest BCUT2D eigenvalue weighted by Crippen LogP contribution is -2.61. The van der Waals surface area contributed by atoms with E-state index in [2.05, 4.69) is 9.88 Å². The van der Waals surface area contributed by atoms with Gasteiger partial charge in [0, 0.05) is 37.0 Å². The molecule has 1 aromatic heterocycles. The van der Waals surface area contributed by atoms with Gasteiger partial charge in [-0.2, -0.15) is 0 Å². The Morgan fingerprint density at radius 1 is 1.11 bits per heavy atom. The Hall–Kier alpha value is -3.55. The van der Waals surface area contributed by atoms with E-state index in [9.17, 15) is 9.59 Å². The number of likely N-dealkylation sites (tertiary alicyclic amines) is 1. The maximum absolute atomic E-state index is 12.9. The summed E-state index contributed by atoms with van der Waals surface area (Å²) in [6.45, 7) is 5.74. The van der Waals surface area contributed by atoms with Gasteiger partial charge in [0.1, 0.15) is 12.4 Å². The van der Waals surface area contributed by atoms with Gasteiger partial charge < -0.3 is 24.6 Å². The van der Waals surface area contributed by atoms with E-state index in [1.54, 1.807) is 18.4 Å². The average Bonchev–Trinajstić information content (AvgIpc) is 3.32. The number of thiazole rings is 1. The lowest BCUT2D eigenvalue weighted by atomic mass is 9.86. The summed E-state index contributed by atoms with van der Waals surface area (Å²) in [4.78, 5) is 57.5. The Morgan fingerprint density at radius 3 is 2.24 bits per heavy atom. The van der Waals surface area contributed by atoms with Gasteiger partial charge in [-0.25, -0.2) is 24.4 Å². The van der Waals surface area contributed by atoms with Crippen LogP contribution in [0.15, 0.2) is 29.8 Å². The Labute approximate surface area is 224 Å². The predicted molar refractivity (Wildman–Crippen MR) is 137 cm³/mol. The monoisotopic (exact) mass is 551 g/mol. The first-order chi connectivity index (χ1) is 18.0. The Balaban J connectivity index is 0.000000757. The molecule has 12 nitrogen and oxygen atoms in total. The molecular weight excluding hydrogens is 518 g/mol. The zero-order chi connectivity index (χ0) is 28.3. The maximum atomic E-state index is 12.9. The van der Waals surface area contributed by atoms with Gasteiger partial charge >= 0.3 is 17.9 Å². The maximum Gasteiger partial charge on any atom is 0.414 e. The second-order valence-corrected chi connectivity index (χ2v) is 9.42. The number of hydrogen-bond acceptors (Lipinski definition) is 10. The van der Waals surface area contributed by atoms with Gasteiger partial charge in [0.15, 0.2) is 5.54 Å². The molecule has 2 heterocycles. The molecule has 38 heavy (non-hydrogen) atoms. The number of hydroxylamine groups is 2. The SMILES string of the molecule is COC(=O)C1(N(OCc2ccccc2OC)C(C)=O)CCN(CCc2scnc2C)CC1.O=C(O)C(=O)O. The van der Waals surface area contributed by atoms with E-state index in [-0.39, 0.29) is 12.5 Å². The van der Waals surface area contributed by atoms with Crippen LogP contribution in [0.5, 0.6) is 5.75 Å². The van der Waals surface area contributed by atoms with Gasteiger partial charge in [-0.05, 0) is 32.3 Å². The van der Waals surface area contributed by atoms with Crippen molar-refractivity contribution in [2.45, 2.75) is 45.3 Å². The number of benzene rings is 1. The fourth-order valence-corrected chi connectivity index (χ4v) is 4.90. The number of carboxylic acid groups (broad SMARTS) is 2. The van der Waals surface area contributed by atoms with Crippen LogP contribution in [0.1, 0.15) is 35.9 Å². The number of carbonyl (C=O) groups excluding carboxylic acids is 2. The number of aliphatic carboxylic acids is 2. The second-order valence-electron chi connectivity index (χ2n) is 8.48. The molecule has 0 saturated carbocycles. The highest BCUT2D eigenvalue weighted by Crippen LogP contribution is 2.32. The normalized spacial score (nSPS) is 14.5. The molecule has 0 spiro atoms. The van der Waals surface area contributed by atoms with E-state index in [4.69, 9.17) is 34.1 Å². The lowest BCUT2D eigenvalue weighted by molar-refractivity contribution is -0.240. The largest absolute Gasteiger partial charge is 0.496 e. The Bertz CT molecular complexity index is 1100. The number of carbonyl (C=O) groups is 4. The summed E-state index contributed by atoms with van der Waals surface area (Å²) in [6, 6.07) is 7.44. The molecule has 1 saturated heterocycles. The fraction of sp³-hybridized carbons (Fsp3) is 0.480. The van der Waals surface area contributed by atoms with Crippen LogP contribution in [0.2, 0.25) is 0 Å². The van der Waals surface area contributed by atoms with Crippen LogP contribution in [0.25, 0.3) is 0 Å². The molecule has 3 rings (SSSR count). The van der Waals surface area contributed by atoms with Crippen molar-refractivity contribution in [2.75, 3.05) is 33.9 Å². The highest BCUT2D eigenvalue weighted by molar-refractivity contribution is 7.09. The van der Waals surface area contributed by atoms with E-state index in [1.807, 2.05) is 36.7 Å². The third-order valence-corrected chi connectivity index (χ3v) is 7.14. The smallest absolute Gasteiger partial charge is 0.414 e. The molecule has 1 amide bonds. The third kappa shape index (κ3) is 7.97. The molecule has 0 bridgehead atoms. The molecule has 1 aliphatic rings. The van der Waals surface area contributed by atoms with Crippen LogP contribution >= 0.6 is 11.3 Å². The van der Waals surface area contributed by atoms with Crippen LogP contribution in [-0.4, -0.2) is 88.4 Å². The number of para-hydroxylation sites is 1. The highest BCUT2D eigenvalue weighted by Gasteiger charge is 2.50. The van der Waals surface area contributed by atoms with Crippen molar-refractivity contribution in [3.8, 4) is 5.75 Å². The van der Waals surface area contributed by atoms with Gasteiger partial charge in [-0.1, -0.05) is 18.2 Å². The van der Waals surface area contributed by atoms with Crippen molar-refractivity contribution in [3.63, 3.8) is 0 Å². The molecule has 2 aromatic rings. The topological polar surface area (TPSA) is 156 Å². The molecule has 13 heteroatoms. The first-order valence-electron chi connectivity index (χ1n) is 11.8. The summed E-state index contributed by atoms with van der Waals surface area (Å²) >= 11 is 1.67. The number of ether oxygens (including phenoxy) is 2. The van der Waals surface area contributed by atoms with Crippen molar-refractivity contribution in [2.24, 2.45) is 0 Å². The predicted octanol–water partition coefficient (Wildman–Crippen LogP) is 2.15. The number of nitrogens with zero attached hydrogens (tertiary/aromatic N) is 3. The molecule has 0 atom stereocenters. The number of hydrogen-bond donors (Lipinski definition) is 2. The van der Waals surface area contributed by atoms with Crippen molar-refractivity contribution in [1.82, 2.24) is 14.9 Å². The summed E-state index contributed by atoms with van der Waals surface area (Å²) in [5, 5.41) is 16.0. The van der Waals surface area contributed by atoms with Crippen LogP contribution in [-0.2, 0) is 41.8 Å². The molecule has 208 valence electrons. The van der Waals surface area contributed by atoms with Gasteiger partial charge in [-0.15, -0.1) is 11.3 Å². The zero-order valence-electron chi connectivity index (χ0n) is 21.8. The number of amides is 1. The Morgan fingerprint density at radius 2 is 1.74 bits per heavy atom. The number of aryl methyl sites for hydroxylation is 1. The molecular formula is C25H33N3O9S. The van der Waals surface area contributed by atoms with E-state index in [0.717, 1.165) is 24.2 Å². The standard InChI is InChI=1S/C23H31N3O5S.C2H2O4/c1-17-21(32-16-24-17)9-12-25-13-10-23(11-14-25,22(28)30-4)26(18(2)27)31-15-19-7-5-6-8-20(19)29-3;3-1(4)2(5)6/h5-8,16H,9-15H2,1-4H3;(H,3,4)(H,5,6). The second kappa shape index (κ2) is 14.4. The highest BCUT2D eigenvalue weighted by atomic mass is 32.1. The molecule has 0 unspecified atom stereocenters. The minimum absolute atomic E-state index is 0.108. The minimum atomic E-state index is -1.82. The summed E-state index contributed by atoms with van der Waals surface area (Å²) < 4.78 is 10.5. The first kappa shape index (κ1) is 30.7. The van der Waals surface area contributed by atoms with Crippen molar-refractivity contribution < 1.29 is 43.7 Å². The van der Waals surface area contributed by atoms with E-state index < -0.39 is 23.4 Å². The third-order valence-electron chi connectivity index (χ3n) is 6.15. The first-order valence-corrected chi connectivity index (χ1v) is 12.6. The molecule has 1 aliphatic heterocycles. The number of carboxylic acids is 2. The van der Waals surface area contributed by atoms with Gasteiger partial charge in [0.25, 0.3) is 0 Å². The van der Waals surface area contributed by atoms with Crippen molar-refractivity contribution >= 4 is 35.2 Å². The van der Waals surface area contributed by atoms with Crippen molar-refractivity contribution in [1.29, 1.82) is 0 Å². The molecule has 0 aliphatic carbocycles. The summed E-state index contributed by atoms with van der Waals surface area (Å²) in [6.07, 6.45) is 1.79. The van der Waals surface area contributed by atoms with E-state index in [0.29, 0.717) is 31.7 Å². The molecule has 1 fully saturated rings. The average molecular weight is 552 g/mol. The number of aromatic nitrogens is 1. The lowest BCUT2D eigenvalue weighted by Gasteiger charge is -2.45. The van der Waals surface area contributed by atoms with E-state index in [1.165, 1.54) is 24.0 Å². The van der Waals surface area contributed by atoms with Gasteiger partial charge in [-0.3, -0.25) is 9.63 Å². The molecule has 2 N–H and O–H groups in total. The van der Waals surface area contributed by atoms with Crippen molar-refractivity contribution in [3.05, 3.63) is 45.9 Å². The van der Waals surface area contributed by atoms with Gasteiger partial charge in [0.2, 0.25) is 5.91 Å². The zero-order valence-corrected chi connectivity index (χ0v) is 22.7. The van der Waals surface area contributed by atoms with Crippen LogP contribution in [0.3, 0.4) is 0 Å². The minimum Gasteiger partial charge on any atom is -0.496 e. The molecule has 0 radical (unpaired) electrons. The van der Waals surface area contributed by atoms with Gasteiger partial charge in [0.05, 0.1) is 25.4 Å². The van der Waals surface area contributed by atoms with Crippen LogP contribution < -0.4 is 4.74 Å². The summed E-state index contributed by atoms with van der Waals surface area (Å²) in [5.41, 5.74) is 2.58. The molecule has 1 aromatic carbocycles. The number of esters is 1. The van der Waals surface area contributed by atoms with Crippen LogP contribution in [0.4, 0.5) is 0 Å². The number of piperidine rings is 1. The Kier molecular flexibility index (Phi) is 11.6. The van der Waals surface area contributed by atoms with Crippen LogP contribution in [0, 0.1) is 6.92 Å². The van der Waals surface area contributed by atoms with E-state index >= 15 is 0 Å². The number of rotatable bonds is 9. The summed E-state index contributed by atoms with van der Waals surface area (Å²) in [7, 11) is 2.93. The summed E-state index contributed by atoms with van der Waals surface area (Å²) in [5.74, 6) is -3.77.